The van der Waals surface area contributed by atoms with Gasteiger partial charge in [-0.05, 0) is 0 Å². The Balaban J connectivity index is 2.72. The minimum absolute atomic E-state index is 0.0108. The molecule has 20 heavy (non-hydrogen) atoms. The molecule has 0 aromatic rings. The number of carbonyl (C=O) groups excluding carboxylic acids is 3. The molecule has 1 rings (SSSR count). The standard InChI is InChI=1S/C12H18O8/c1-6(13)17-5-10-12(16)9(18-7(2)14)4-11(20-10)19-8(3)15/h9-12,16H,4-5H2,1-3H3. The topological polar surface area (TPSA) is 108 Å². The van der Waals surface area contributed by atoms with Crippen LogP contribution in [0.25, 0.3) is 0 Å². The first-order chi connectivity index (χ1) is 9.29. The molecule has 0 aliphatic carbocycles. The largest absolute Gasteiger partial charge is 0.463 e. The first kappa shape index (κ1) is 16.4. The highest BCUT2D eigenvalue weighted by Crippen LogP contribution is 2.24. The van der Waals surface area contributed by atoms with E-state index in [1.165, 1.54) is 20.8 Å². The summed E-state index contributed by atoms with van der Waals surface area (Å²) in [4.78, 5) is 32.7. The number of rotatable bonds is 4. The van der Waals surface area contributed by atoms with Crippen molar-refractivity contribution in [2.24, 2.45) is 0 Å². The van der Waals surface area contributed by atoms with Gasteiger partial charge in [-0.25, -0.2) is 0 Å². The van der Waals surface area contributed by atoms with E-state index in [1.54, 1.807) is 0 Å². The number of esters is 3. The molecule has 0 spiro atoms. The number of aliphatic hydroxyl groups excluding tert-OH is 1. The zero-order chi connectivity index (χ0) is 15.3. The SMILES string of the molecule is CC(=O)OCC1OC(OC(C)=O)CC(OC(C)=O)C1O. The Labute approximate surface area is 115 Å². The van der Waals surface area contributed by atoms with Gasteiger partial charge < -0.3 is 24.1 Å². The van der Waals surface area contributed by atoms with Gasteiger partial charge in [-0.1, -0.05) is 0 Å². The summed E-state index contributed by atoms with van der Waals surface area (Å²) in [5, 5.41) is 10.0. The van der Waals surface area contributed by atoms with Gasteiger partial charge in [0, 0.05) is 20.8 Å². The van der Waals surface area contributed by atoms with Crippen LogP contribution in [-0.4, -0.2) is 54.2 Å². The van der Waals surface area contributed by atoms with E-state index in [-0.39, 0.29) is 13.0 Å². The molecule has 1 heterocycles. The summed E-state index contributed by atoms with van der Waals surface area (Å²) in [6, 6.07) is 0. The molecule has 1 aliphatic heterocycles. The second-order valence-electron chi connectivity index (χ2n) is 4.39. The van der Waals surface area contributed by atoms with Crippen molar-refractivity contribution >= 4 is 17.9 Å². The van der Waals surface area contributed by atoms with Crippen molar-refractivity contribution in [2.45, 2.75) is 51.8 Å². The van der Waals surface area contributed by atoms with Crippen LogP contribution in [0.1, 0.15) is 27.2 Å². The number of hydrogen-bond acceptors (Lipinski definition) is 8. The molecule has 4 atom stereocenters. The summed E-state index contributed by atoms with van der Waals surface area (Å²) in [5.41, 5.74) is 0. The lowest BCUT2D eigenvalue weighted by Gasteiger charge is -2.37. The molecule has 8 nitrogen and oxygen atoms in total. The molecule has 8 heteroatoms. The van der Waals surface area contributed by atoms with Gasteiger partial charge in [-0.3, -0.25) is 14.4 Å². The van der Waals surface area contributed by atoms with Crippen molar-refractivity contribution in [1.29, 1.82) is 0 Å². The zero-order valence-electron chi connectivity index (χ0n) is 11.5. The number of ether oxygens (including phenoxy) is 4. The summed E-state index contributed by atoms with van der Waals surface area (Å²) < 4.78 is 19.9. The summed E-state index contributed by atoms with van der Waals surface area (Å²) in [5.74, 6) is -1.69. The van der Waals surface area contributed by atoms with Gasteiger partial charge in [0.1, 0.15) is 24.9 Å². The average Bonchev–Trinajstić information content (AvgIpc) is 2.29. The third kappa shape index (κ3) is 5.14. The lowest BCUT2D eigenvalue weighted by molar-refractivity contribution is -0.255. The van der Waals surface area contributed by atoms with Crippen LogP contribution < -0.4 is 0 Å². The van der Waals surface area contributed by atoms with E-state index in [0.717, 1.165) is 0 Å². The Morgan fingerprint density at radius 2 is 1.70 bits per heavy atom. The fraction of sp³-hybridized carbons (Fsp3) is 0.750. The highest BCUT2D eigenvalue weighted by Gasteiger charge is 2.41. The molecule has 1 saturated heterocycles. The molecule has 0 bridgehead atoms. The van der Waals surface area contributed by atoms with Gasteiger partial charge in [0.25, 0.3) is 0 Å². The van der Waals surface area contributed by atoms with Gasteiger partial charge in [0.05, 0.1) is 6.42 Å². The lowest BCUT2D eigenvalue weighted by Crippen LogP contribution is -2.52. The number of hydrogen-bond donors (Lipinski definition) is 1. The minimum atomic E-state index is -1.18. The van der Waals surface area contributed by atoms with Crippen molar-refractivity contribution in [3.8, 4) is 0 Å². The molecule has 4 unspecified atom stereocenters. The van der Waals surface area contributed by atoms with Crippen LogP contribution in [0.4, 0.5) is 0 Å². The van der Waals surface area contributed by atoms with Crippen LogP contribution in [0.15, 0.2) is 0 Å². The summed E-state index contributed by atoms with van der Waals surface area (Å²) >= 11 is 0. The average molecular weight is 290 g/mol. The monoisotopic (exact) mass is 290 g/mol. The van der Waals surface area contributed by atoms with E-state index in [9.17, 15) is 19.5 Å². The highest BCUT2D eigenvalue weighted by atomic mass is 16.7. The Hall–Kier alpha value is -1.67. The van der Waals surface area contributed by atoms with Crippen molar-refractivity contribution in [2.75, 3.05) is 6.61 Å². The Bertz CT molecular complexity index is 380. The van der Waals surface area contributed by atoms with Crippen LogP contribution in [0.2, 0.25) is 0 Å². The molecule has 1 aliphatic rings. The van der Waals surface area contributed by atoms with Gasteiger partial charge in [-0.15, -0.1) is 0 Å². The maximum Gasteiger partial charge on any atom is 0.304 e. The normalized spacial score (nSPS) is 29.4. The second kappa shape index (κ2) is 7.20. The van der Waals surface area contributed by atoms with E-state index in [0.29, 0.717) is 0 Å². The van der Waals surface area contributed by atoms with Gasteiger partial charge in [-0.2, -0.15) is 0 Å². The summed E-state index contributed by atoms with van der Waals surface area (Å²) in [6.07, 6.45) is -3.98. The third-order valence-electron chi connectivity index (χ3n) is 2.58. The third-order valence-corrected chi connectivity index (χ3v) is 2.58. The highest BCUT2D eigenvalue weighted by molar-refractivity contribution is 5.67. The number of carbonyl (C=O) groups is 3. The van der Waals surface area contributed by atoms with Crippen LogP contribution in [0.3, 0.4) is 0 Å². The van der Waals surface area contributed by atoms with E-state index >= 15 is 0 Å². The molecule has 0 saturated carbocycles. The van der Waals surface area contributed by atoms with E-state index in [1.807, 2.05) is 0 Å². The molecule has 0 amide bonds. The molecule has 0 radical (unpaired) electrons. The molecule has 0 aromatic heterocycles. The predicted molar refractivity (Wildman–Crippen MR) is 63.2 cm³/mol. The van der Waals surface area contributed by atoms with Gasteiger partial charge >= 0.3 is 17.9 Å². The quantitative estimate of drug-likeness (QED) is 0.546. The van der Waals surface area contributed by atoms with Crippen molar-refractivity contribution in [3.05, 3.63) is 0 Å². The first-order valence-electron chi connectivity index (χ1n) is 6.11. The lowest BCUT2D eigenvalue weighted by atomic mass is 10.0. The van der Waals surface area contributed by atoms with Crippen molar-refractivity contribution in [1.82, 2.24) is 0 Å². The molecule has 1 N–H and O–H groups in total. The second-order valence-corrected chi connectivity index (χ2v) is 4.39. The van der Waals surface area contributed by atoms with Gasteiger partial charge in [0.15, 0.2) is 0 Å². The molecule has 114 valence electrons. The minimum Gasteiger partial charge on any atom is -0.463 e. The van der Waals surface area contributed by atoms with E-state index < -0.39 is 42.5 Å². The smallest absolute Gasteiger partial charge is 0.304 e. The van der Waals surface area contributed by atoms with Crippen LogP contribution in [0, 0.1) is 0 Å². The molecule has 0 aromatic carbocycles. The Kier molecular flexibility index (Phi) is 5.90. The maximum atomic E-state index is 11.0. The maximum absolute atomic E-state index is 11.0. The van der Waals surface area contributed by atoms with Gasteiger partial charge in [0.2, 0.25) is 6.29 Å². The zero-order valence-corrected chi connectivity index (χ0v) is 11.5. The molecular weight excluding hydrogens is 272 g/mol. The Morgan fingerprint density at radius 1 is 1.10 bits per heavy atom. The van der Waals surface area contributed by atoms with Crippen LogP contribution >= 0.6 is 0 Å². The number of aliphatic hydroxyl groups is 1. The summed E-state index contributed by atoms with van der Waals surface area (Å²) in [6.45, 7) is 3.38. The molecule has 1 fully saturated rings. The van der Waals surface area contributed by atoms with Crippen molar-refractivity contribution < 1.29 is 38.4 Å². The first-order valence-corrected chi connectivity index (χ1v) is 6.11. The predicted octanol–water partition coefficient (Wildman–Crippen LogP) is -0.480. The van der Waals surface area contributed by atoms with Crippen LogP contribution in [-0.2, 0) is 33.3 Å². The summed E-state index contributed by atoms with van der Waals surface area (Å²) in [7, 11) is 0. The van der Waals surface area contributed by atoms with Crippen LogP contribution in [0.5, 0.6) is 0 Å². The van der Waals surface area contributed by atoms with E-state index in [4.69, 9.17) is 18.9 Å². The van der Waals surface area contributed by atoms with Crippen molar-refractivity contribution in [3.63, 3.8) is 0 Å². The fourth-order valence-electron chi connectivity index (χ4n) is 1.83. The fourth-order valence-corrected chi connectivity index (χ4v) is 1.83. The molecular formula is C12H18O8. The van der Waals surface area contributed by atoms with E-state index in [2.05, 4.69) is 0 Å². The Morgan fingerprint density at radius 3 is 2.20 bits per heavy atom.